The fraction of sp³-hybridized carbons (Fsp3) is 0.500. The Bertz CT molecular complexity index is 456. The molecule has 4 heteroatoms. The number of benzene rings is 1. The standard InChI is InChI=1S/C16H24N2O2/c1-12(2)7-6-8-13(3)11-17-18-16(20)14-9-4-5-10-15(14)19/h4-5,9-13,19H,6-8H2,1-3H3,(H,18,20). The Balaban J connectivity index is 2.37. The maximum absolute atomic E-state index is 11.8. The van der Waals surface area contributed by atoms with Gasteiger partial charge in [0.05, 0.1) is 5.56 Å². The van der Waals surface area contributed by atoms with E-state index < -0.39 is 5.91 Å². The lowest BCUT2D eigenvalue weighted by Crippen LogP contribution is -2.18. The largest absolute Gasteiger partial charge is 0.507 e. The lowest BCUT2D eigenvalue weighted by atomic mass is 10.0. The third-order valence-electron chi connectivity index (χ3n) is 3.08. The van der Waals surface area contributed by atoms with Gasteiger partial charge in [-0.1, -0.05) is 45.7 Å². The van der Waals surface area contributed by atoms with E-state index in [0.717, 1.165) is 18.8 Å². The van der Waals surface area contributed by atoms with Gasteiger partial charge in [-0.15, -0.1) is 0 Å². The van der Waals surface area contributed by atoms with Crippen LogP contribution in [0, 0.1) is 11.8 Å². The summed E-state index contributed by atoms with van der Waals surface area (Å²) in [4.78, 5) is 11.8. The smallest absolute Gasteiger partial charge is 0.275 e. The van der Waals surface area contributed by atoms with Crippen molar-refractivity contribution in [3.05, 3.63) is 29.8 Å². The number of aromatic hydroxyl groups is 1. The van der Waals surface area contributed by atoms with Gasteiger partial charge in [0.25, 0.3) is 5.91 Å². The number of phenolic OH excluding ortho intramolecular Hbond substituents is 1. The zero-order chi connectivity index (χ0) is 15.0. The first-order valence-electron chi connectivity index (χ1n) is 7.12. The molecule has 1 atom stereocenters. The monoisotopic (exact) mass is 276 g/mol. The van der Waals surface area contributed by atoms with Crippen LogP contribution in [-0.4, -0.2) is 17.2 Å². The van der Waals surface area contributed by atoms with E-state index in [1.165, 1.54) is 12.5 Å². The molecule has 0 saturated heterocycles. The lowest BCUT2D eigenvalue weighted by molar-refractivity contribution is 0.0952. The van der Waals surface area contributed by atoms with Crippen molar-refractivity contribution in [1.29, 1.82) is 0 Å². The third kappa shape index (κ3) is 5.87. The molecule has 4 nitrogen and oxygen atoms in total. The third-order valence-corrected chi connectivity index (χ3v) is 3.08. The summed E-state index contributed by atoms with van der Waals surface area (Å²) in [6.45, 7) is 6.51. The van der Waals surface area contributed by atoms with Crippen LogP contribution >= 0.6 is 0 Å². The molecular weight excluding hydrogens is 252 g/mol. The van der Waals surface area contributed by atoms with Gasteiger partial charge in [-0.05, 0) is 30.4 Å². The number of hydrogen-bond donors (Lipinski definition) is 2. The summed E-state index contributed by atoms with van der Waals surface area (Å²) in [6.07, 6.45) is 5.19. The molecule has 0 aliphatic heterocycles. The zero-order valence-corrected chi connectivity index (χ0v) is 12.5. The minimum Gasteiger partial charge on any atom is -0.507 e. The van der Waals surface area contributed by atoms with Crippen LogP contribution in [-0.2, 0) is 0 Å². The molecule has 0 spiro atoms. The molecule has 0 radical (unpaired) electrons. The maximum Gasteiger partial charge on any atom is 0.275 e. The molecule has 20 heavy (non-hydrogen) atoms. The lowest BCUT2D eigenvalue weighted by Gasteiger charge is -2.07. The number of hydrogen-bond acceptors (Lipinski definition) is 3. The molecule has 1 amide bonds. The van der Waals surface area contributed by atoms with Crippen LogP contribution in [0.2, 0.25) is 0 Å². The second-order valence-electron chi connectivity index (χ2n) is 5.54. The average Bonchev–Trinajstić information content (AvgIpc) is 2.38. The molecule has 1 rings (SSSR count). The molecule has 0 saturated carbocycles. The number of carbonyl (C=O) groups is 1. The number of phenols is 1. The van der Waals surface area contributed by atoms with Crippen LogP contribution < -0.4 is 5.43 Å². The Hall–Kier alpha value is -1.84. The second kappa shape index (κ2) is 8.35. The molecule has 0 fully saturated rings. The van der Waals surface area contributed by atoms with E-state index in [2.05, 4.69) is 31.3 Å². The molecule has 0 aromatic heterocycles. The normalized spacial score (nSPS) is 12.8. The Morgan fingerprint density at radius 1 is 1.30 bits per heavy atom. The van der Waals surface area contributed by atoms with Gasteiger partial charge in [0.2, 0.25) is 0 Å². The van der Waals surface area contributed by atoms with Crippen LogP contribution in [0.4, 0.5) is 0 Å². The first kappa shape index (κ1) is 16.2. The SMILES string of the molecule is CC(C)CCCC(C)C=NNC(=O)c1ccccc1O. The summed E-state index contributed by atoms with van der Waals surface area (Å²) in [5.41, 5.74) is 2.67. The summed E-state index contributed by atoms with van der Waals surface area (Å²) >= 11 is 0. The van der Waals surface area contributed by atoms with Crippen LogP contribution in [0.25, 0.3) is 0 Å². The zero-order valence-electron chi connectivity index (χ0n) is 12.5. The molecule has 110 valence electrons. The van der Waals surface area contributed by atoms with Gasteiger partial charge < -0.3 is 5.11 Å². The van der Waals surface area contributed by atoms with E-state index in [1.54, 1.807) is 24.4 Å². The second-order valence-corrected chi connectivity index (χ2v) is 5.54. The number of carbonyl (C=O) groups excluding carboxylic acids is 1. The first-order chi connectivity index (χ1) is 9.50. The molecule has 0 aliphatic carbocycles. The van der Waals surface area contributed by atoms with Crippen molar-refractivity contribution >= 4 is 12.1 Å². The predicted molar refractivity (Wildman–Crippen MR) is 81.9 cm³/mol. The Kier molecular flexibility index (Phi) is 6.77. The van der Waals surface area contributed by atoms with E-state index in [9.17, 15) is 9.90 Å². The number of nitrogens with one attached hydrogen (secondary N) is 1. The molecule has 0 heterocycles. The number of rotatable bonds is 7. The van der Waals surface area contributed by atoms with Gasteiger partial charge in [0, 0.05) is 6.21 Å². The molecule has 1 aromatic carbocycles. The summed E-state index contributed by atoms with van der Waals surface area (Å²) in [7, 11) is 0. The number of hydrazone groups is 1. The molecule has 0 bridgehead atoms. The van der Waals surface area contributed by atoms with Crippen molar-refractivity contribution in [2.24, 2.45) is 16.9 Å². The van der Waals surface area contributed by atoms with Gasteiger partial charge in [-0.3, -0.25) is 4.79 Å². The number of amides is 1. The summed E-state index contributed by atoms with van der Waals surface area (Å²) < 4.78 is 0. The van der Waals surface area contributed by atoms with Crippen molar-refractivity contribution in [1.82, 2.24) is 5.43 Å². The Labute approximate surface area is 120 Å². The summed E-state index contributed by atoms with van der Waals surface area (Å²) in [5, 5.41) is 13.5. The molecule has 1 aromatic rings. The van der Waals surface area contributed by atoms with Gasteiger partial charge in [0.15, 0.2) is 0 Å². The Morgan fingerprint density at radius 3 is 2.65 bits per heavy atom. The fourth-order valence-corrected chi connectivity index (χ4v) is 1.87. The molecule has 2 N–H and O–H groups in total. The fourth-order valence-electron chi connectivity index (χ4n) is 1.87. The van der Waals surface area contributed by atoms with E-state index in [-0.39, 0.29) is 11.3 Å². The van der Waals surface area contributed by atoms with Crippen molar-refractivity contribution < 1.29 is 9.90 Å². The molecule has 0 aliphatic rings. The van der Waals surface area contributed by atoms with Crippen molar-refractivity contribution in [2.75, 3.05) is 0 Å². The van der Waals surface area contributed by atoms with Crippen molar-refractivity contribution in [2.45, 2.75) is 40.0 Å². The quantitative estimate of drug-likeness (QED) is 0.590. The van der Waals surface area contributed by atoms with Crippen LogP contribution in [0.15, 0.2) is 29.4 Å². The van der Waals surface area contributed by atoms with E-state index >= 15 is 0 Å². The number of nitrogens with zero attached hydrogens (tertiary/aromatic N) is 1. The number of para-hydroxylation sites is 1. The highest BCUT2D eigenvalue weighted by Crippen LogP contribution is 2.15. The Morgan fingerprint density at radius 2 is 2.00 bits per heavy atom. The van der Waals surface area contributed by atoms with Gasteiger partial charge >= 0.3 is 0 Å². The van der Waals surface area contributed by atoms with Gasteiger partial charge in [-0.25, -0.2) is 5.43 Å². The molecular formula is C16H24N2O2. The van der Waals surface area contributed by atoms with E-state index in [4.69, 9.17) is 0 Å². The van der Waals surface area contributed by atoms with Crippen molar-refractivity contribution in [3.63, 3.8) is 0 Å². The van der Waals surface area contributed by atoms with E-state index in [0.29, 0.717) is 5.92 Å². The molecule has 1 unspecified atom stereocenters. The maximum atomic E-state index is 11.8. The van der Waals surface area contributed by atoms with E-state index in [1.807, 2.05) is 0 Å². The van der Waals surface area contributed by atoms with Crippen LogP contribution in [0.3, 0.4) is 0 Å². The van der Waals surface area contributed by atoms with Gasteiger partial charge in [-0.2, -0.15) is 5.10 Å². The summed E-state index contributed by atoms with van der Waals surface area (Å²) in [5.74, 6) is 0.622. The van der Waals surface area contributed by atoms with Crippen LogP contribution in [0.1, 0.15) is 50.4 Å². The highest BCUT2D eigenvalue weighted by molar-refractivity contribution is 5.96. The minimum absolute atomic E-state index is 0.0369. The highest BCUT2D eigenvalue weighted by atomic mass is 16.3. The first-order valence-corrected chi connectivity index (χ1v) is 7.12. The van der Waals surface area contributed by atoms with Gasteiger partial charge in [0.1, 0.15) is 5.75 Å². The summed E-state index contributed by atoms with van der Waals surface area (Å²) in [6, 6.07) is 6.42. The van der Waals surface area contributed by atoms with Crippen LogP contribution in [0.5, 0.6) is 5.75 Å². The van der Waals surface area contributed by atoms with Crippen molar-refractivity contribution in [3.8, 4) is 5.75 Å². The topological polar surface area (TPSA) is 61.7 Å². The highest BCUT2D eigenvalue weighted by Gasteiger charge is 2.08. The average molecular weight is 276 g/mol. The predicted octanol–water partition coefficient (Wildman–Crippen LogP) is 3.57. The minimum atomic E-state index is -0.395.